The van der Waals surface area contributed by atoms with E-state index in [0.29, 0.717) is 0 Å². The van der Waals surface area contributed by atoms with Crippen molar-refractivity contribution in [2.75, 3.05) is 0 Å². The number of pyridine rings is 4. The van der Waals surface area contributed by atoms with E-state index < -0.39 is 0 Å². The van der Waals surface area contributed by atoms with E-state index in [1.165, 1.54) is 240 Å². The fourth-order valence-electron chi connectivity index (χ4n) is 14.7. The third-order valence-corrected chi connectivity index (χ3v) is 18.7. The van der Waals surface area contributed by atoms with Gasteiger partial charge in [0.05, 0.1) is 22.8 Å². The minimum absolute atomic E-state index is 1.07. The zero-order valence-electron chi connectivity index (χ0n) is 49.5. The van der Waals surface area contributed by atoms with Gasteiger partial charge in [0, 0.05) is 69.1 Å². The number of aromatic nitrogens is 4. The third kappa shape index (κ3) is 11.4. The molecule has 424 valence electrons. The van der Waals surface area contributed by atoms with Gasteiger partial charge in [-0.2, -0.15) is 0 Å². The van der Waals surface area contributed by atoms with Crippen LogP contribution in [0.15, 0.2) is 219 Å². The van der Waals surface area contributed by atoms with Crippen LogP contribution in [-0.2, 0) is 25.7 Å². The van der Waals surface area contributed by atoms with Crippen LogP contribution in [0.1, 0.15) is 151 Å². The van der Waals surface area contributed by atoms with Gasteiger partial charge in [0.1, 0.15) is 0 Å². The van der Waals surface area contributed by atoms with Crippen LogP contribution in [0.2, 0.25) is 0 Å². The van der Waals surface area contributed by atoms with Gasteiger partial charge in [0.15, 0.2) is 0 Å². The lowest BCUT2D eigenvalue weighted by molar-refractivity contribution is 0.552. The van der Waals surface area contributed by atoms with Crippen LogP contribution in [0.5, 0.6) is 0 Å². The van der Waals surface area contributed by atoms with Crippen molar-refractivity contribution in [1.29, 1.82) is 0 Å². The van der Waals surface area contributed by atoms with E-state index in [1.54, 1.807) is 0 Å². The summed E-state index contributed by atoms with van der Waals surface area (Å²) in [5.41, 5.74) is 27.3. The van der Waals surface area contributed by atoms with Crippen molar-refractivity contribution in [2.24, 2.45) is 0 Å². The number of benzene rings is 4. The fraction of sp³-hybridized carbons (Fsp3) is 0.300. The number of rotatable bonds is 4. The van der Waals surface area contributed by atoms with Crippen molar-refractivity contribution < 1.29 is 0 Å². The maximum atomic E-state index is 2.54. The van der Waals surface area contributed by atoms with Crippen LogP contribution in [0.25, 0.3) is 89.4 Å². The smallest absolute Gasteiger partial charge is 0.0786 e. The Kier molecular flexibility index (Phi) is 17.5. The first-order valence-electron chi connectivity index (χ1n) is 32.5. The summed E-state index contributed by atoms with van der Waals surface area (Å²) >= 11 is 0. The standard InChI is InChI=1S/C80H84N4/c1-2-6-10-14-30-50-66-70-54-34-38-58-82(70)78(74(66)62-43-23-18-24-44-62)80-76(64-47-27-20-28-48-64)68(72-56-36-40-60-84(72)80)52-32-16-12-8-4-3-7-11-15-31-51-67-71-55-35-39-59-83(71)79(75(67)63-45-25-19-26-46-63)77-73(61-41-21-17-22-42-61)65(49-29-13-9-5-1)69-53-33-37-57-81(69)77/h17-28,33-48,53-60H,1-16,29-32,49-52H2. The molecule has 0 saturated heterocycles. The average molecular weight is 1100 g/mol. The summed E-state index contributed by atoms with van der Waals surface area (Å²) in [6.45, 7) is 0. The molecule has 8 aromatic heterocycles. The molecule has 0 aliphatic heterocycles. The molecule has 0 fully saturated rings. The summed E-state index contributed by atoms with van der Waals surface area (Å²) in [6.07, 6.45) is 39.1. The van der Waals surface area contributed by atoms with Crippen molar-refractivity contribution in [1.82, 2.24) is 17.6 Å². The van der Waals surface area contributed by atoms with Crippen LogP contribution in [0.4, 0.5) is 0 Å². The highest BCUT2D eigenvalue weighted by Crippen LogP contribution is 2.49. The maximum Gasteiger partial charge on any atom is 0.0786 e. The second kappa shape index (κ2) is 26.7. The first kappa shape index (κ1) is 55.1. The molecule has 0 unspecified atom stereocenters. The number of aryl methyl sites for hydroxylation is 4. The average Bonchev–Trinajstić information content (AvgIpc) is 3.74. The van der Waals surface area contributed by atoms with Gasteiger partial charge in [-0.1, -0.05) is 248 Å². The summed E-state index contributed by atoms with van der Waals surface area (Å²) in [7, 11) is 0. The van der Waals surface area contributed by atoms with Gasteiger partial charge in [0.2, 0.25) is 0 Å². The highest BCUT2D eigenvalue weighted by Gasteiger charge is 2.30. The van der Waals surface area contributed by atoms with Crippen LogP contribution in [0, 0.1) is 0 Å². The Morgan fingerprint density at radius 2 is 0.357 bits per heavy atom. The van der Waals surface area contributed by atoms with Crippen LogP contribution < -0.4 is 0 Å². The zero-order chi connectivity index (χ0) is 56.3. The monoisotopic (exact) mass is 1100 g/mol. The second-order valence-corrected chi connectivity index (χ2v) is 24.2. The summed E-state index contributed by atoms with van der Waals surface area (Å²) in [6, 6.07) is 72.7. The maximum absolute atomic E-state index is 2.54. The predicted molar refractivity (Wildman–Crippen MR) is 356 cm³/mol. The minimum atomic E-state index is 1.07. The number of nitrogens with zero attached hydrogens (tertiary/aromatic N) is 4. The Labute approximate surface area is 499 Å². The van der Waals surface area contributed by atoms with Gasteiger partial charge in [-0.15, -0.1) is 0 Å². The van der Waals surface area contributed by atoms with Crippen molar-refractivity contribution in [2.45, 2.75) is 154 Å². The molecule has 0 saturated carbocycles. The molecule has 4 heteroatoms. The molecule has 0 spiro atoms. The summed E-state index contributed by atoms with van der Waals surface area (Å²) in [4.78, 5) is 0. The Balaban J connectivity index is 0.795. The lowest BCUT2D eigenvalue weighted by atomic mass is 9.91. The van der Waals surface area contributed by atoms with Crippen molar-refractivity contribution in [3.05, 3.63) is 241 Å². The van der Waals surface area contributed by atoms with Gasteiger partial charge in [0.25, 0.3) is 0 Å². The molecule has 1 aliphatic carbocycles. The first-order chi connectivity index (χ1) is 41.8. The Bertz CT molecular complexity index is 3540. The molecule has 4 aromatic carbocycles. The van der Waals surface area contributed by atoms with Gasteiger partial charge in [-0.25, -0.2) is 0 Å². The van der Waals surface area contributed by atoms with E-state index in [2.05, 4.69) is 237 Å². The Morgan fingerprint density at radius 3 is 0.560 bits per heavy atom. The summed E-state index contributed by atoms with van der Waals surface area (Å²) in [5.74, 6) is 0. The molecule has 1 aliphatic rings. The molecule has 0 amide bonds. The summed E-state index contributed by atoms with van der Waals surface area (Å²) in [5, 5.41) is 0. The van der Waals surface area contributed by atoms with E-state index in [1.807, 2.05) is 0 Å². The van der Waals surface area contributed by atoms with Gasteiger partial charge in [-0.05, 0) is 144 Å². The number of hydrogen-bond donors (Lipinski definition) is 0. The molecule has 0 N–H and O–H groups in total. The van der Waals surface area contributed by atoms with E-state index in [9.17, 15) is 0 Å². The van der Waals surface area contributed by atoms with Crippen molar-refractivity contribution in [3.8, 4) is 67.3 Å². The lowest BCUT2D eigenvalue weighted by Crippen LogP contribution is -1.96. The van der Waals surface area contributed by atoms with E-state index in [-0.39, 0.29) is 0 Å². The molecule has 8 bridgehead atoms. The Hall–Kier alpha value is -8.08. The van der Waals surface area contributed by atoms with E-state index in [4.69, 9.17) is 0 Å². The first-order valence-corrected chi connectivity index (χ1v) is 32.5. The Morgan fingerprint density at radius 1 is 0.179 bits per heavy atom. The third-order valence-electron chi connectivity index (χ3n) is 18.7. The van der Waals surface area contributed by atoms with Gasteiger partial charge >= 0.3 is 0 Å². The SMILES string of the molecule is c1ccc(-c2c3c4ccccn4c2-c2c(-c4ccccc4)c(c4ccccn24)CCCCCCCCCCCCc2c(-c4ccccc4)c(n4ccccc24)-c2c(-c4ccccc4)c(c4ccccn24)CCCCCCCCCCCC3)cc1. The highest BCUT2D eigenvalue weighted by molar-refractivity contribution is 6.00. The molecule has 0 atom stereocenters. The fourth-order valence-corrected chi connectivity index (χ4v) is 14.7. The molecule has 4 nitrogen and oxygen atoms in total. The quantitative estimate of drug-likeness (QED) is 0.167. The van der Waals surface area contributed by atoms with Crippen molar-refractivity contribution >= 4 is 22.1 Å². The topological polar surface area (TPSA) is 17.6 Å². The molecule has 84 heavy (non-hydrogen) atoms. The normalized spacial score (nSPS) is 15.4. The van der Waals surface area contributed by atoms with Gasteiger partial charge in [-0.3, -0.25) is 0 Å². The van der Waals surface area contributed by atoms with Crippen LogP contribution in [-0.4, -0.2) is 17.6 Å². The number of fused-ring (bicyclic) bond motifs is 22. The number of hydrogen-bond acceptors (Lipinski definition) is 0. The molecule has 0 radical (unpaired) electrons. The van der Waals surface area contributed by atoms with Crippen LogP contribution in [0.3, 0.4) is 0 Å². The molecule has 13 rings (SSSR count). The largest absolute Gasteiger partial charge is 0.314 e. The molecular weight excluding hydrogens is 1020 g/mol. The van der Waals surface area contributed by atoms with E-state index in [0.717, 1.165) is 25.7 Å². The van der Waals surface area contributed by atoms with Gasteiger partial charge < -0.3 is 17.6 Å². The second-order valence-electron chi connectivity index (χ2n) is 24.2. The lowest BCUT2D eigenvalue weighted by Gasteiger charge is -2.13. The highest BCUT2D eigenvalue weighted by atomic mass is 15.0. The minimum Gasteiger partial charge on any atom is -0.314 e. The summed E-state index contributed by atoms with van der Waals surface area (Å²) < 4.78 is 10.2. The molecule has 8 heterocycles. The van der Waals surface area contributed by atoms with Crippen LogP contribution >= 0.6 is 0 Å². The molecular formula is C80H84N4. The zero-order valence-corrected chi connectivity index (χ0v) is 49.5. The predicted octanol–water partition coefficient (Wildman–Crippen LogP) is 22.4. The van der Waals surface area contributed by atoms with E-state index >= 15 is 0 Å². The van der Waals surface area contributed by atoms with Crippen molar-refractivity contribution in [3.63, 3.8) is 0 Å². The molecule has 12 aromatic rings.